The van der Waals surface area contributed by atoms with Gasteiger partial charge in [-0.2, -0.15) is 11.8 Å². The van der Waals surface area contributed by atoms with Crippen molar-refractivity contribution in [1.82, 2.24) is 45.8 Å². The summed E-state index contributed by atoms with van der Waals surface area (Å²) >= 11 is 1.52. The van der Waals surface area contributed by atoms with Gasteiger partial charge in [0, 0.05) is 95.7 Å². The van der Waals surface area contributed by atoms with Gasteiger partial charge in [-0.05, 0) is 42.0 Å². The fourth-order valence-electron chi connectivity index (χ4n) is 8.81. The Hall–Kier alpha value is -5.61. The second kappa shape index (κ2) is 34.3. The van der Waals surface area contributed by atoms with Crippen LogP contribution in [0.3, 0.4) is 0 Å². The van der Waals surface area contributed by atoms with Gasteiger partial charge in [-0.25, -0.2) is 0 Å². The molecule has 77 heavy (non-hydrogen) atoms. The third kappa shape index (κ3) is 23.5. The average molecular weight is 1110 g/mol. The third-order valence-electron chi connectivity index (χ3n) is 13.4. The fraction of sp³-hybridized carbons (Fsp3) is 0.686. The Morgan fingerprint density at radius 1 is 0.805 bits per heavy atom. The maximum Gasteiger partial charge on any atom is 0.321 e. The predicted octanol–water partition coefficient (Wildman–Crippen LogP) is -1.27. The van der Waals surface area contributed by atoms with E-state index in [0.717, 1.165) is 4.90 Å². The van der Waals surface area contributed by atoms with Crippen molar-refractivity contribution in [3.63, 3.8) is 0 Å². The molecule has 0 radical (unpaired) electrons. The van der Waals surface area contributed by atoms with Crippen LogP contribution in [0, 0.1) is 17.8 Å². The topological polar surface area (TPSA) is 312 Å². The van der Waals surface area contributed by atoms with E-state index in [-0.39, 0.29) is 165 Å². The Morgan fingerprint density at radius 3 is 2.09 bits per heavy atom. The minimum absolute atomic E-state index is 0.0339. The number of benzene rings is 1. The molecule has 3 saturated heterocycles. The lowest BCUT2D eigenvalue weighted by molar-refractivity contribution is -0.143. The molecule has 1 aromatic carbocycles. The van der Waals surface area contributed by atoms with Crippen molar-refractivity contribution < 1.29 is 77.1 Å². The third-order valence-corrected chi connectivity index (χ3v) is 14.0. The van der Waals surface area contributed by atoms with Gasteiger partial charge < -0.3 is 50.4 Å². The summed E-state index contributed by atoms with van der Waals surface area (Å²) in [6, 6.07) is 5.79. The maximum atomic E-state index is 13.8. The van der Waals surface area contributed by atoms with E-state index in [9.17, 15) is 58.2 Å². The molecule has 0 aromatic heterocycles. The molecule has 0 bridgehead atoms. The summed E-state index contributed by atoms with van der Waals surface area (Å²) in [5.74, 6) is -5.47. The number of hydrogen-bond donors (Lipinski definition) is 6. The van der Waals surface area contributed by atoms with E-state index < -0.39 is 47.9 Å². The molecule has 3 aliphatic heterocycles. The van der Waals surface area contributed by atoms with E-state index in [1.54, 1.807) is 50.8 Å². The second-order valence-electron chi connectivity index (χ2n) is 19.3. The van der Waals surface area contributed by atoms with Crippen molar-refractivity contribution in [3.05, 3.63) is 35.4 Å². The number of carbonyl (C=O) groups excluding carboxylic acids is 8. The molecule has 26 heteroatoms. The van der Waals surface area contributed by atoms with E-state index in [2.05, 4.69) is 21.3 Å². The number of carboxylic acid groups (broad SMARTS) is 2. The number of Topliss-reactive ketones (excluding diaryl/α,β-unsaturated/α-hetero) is 1. The normalized spacial score (nSPS) is 19.3. The van der Waals surface area contributed by atoms with Gasteiger partial charge in [0.25, 0.3) is 5.91 Å². The van der Waals surface area contributed by atoms with Gasteiger partial charge in [-0.1, -0.05) is 39.3 Å². The number of hydrogen-bond acceptors (Lipinski definition) is 19. The summed E-state index contributed by atoms with van der Waals surface area (Å²) in [4.78, 5) is 134. The van der Waals surface area contributed by atoms with Crippen LogP contribution in [-0.2, 0) is 68.6 Å². The molecule has 4 rings (SSSR count). The fourth-order valence-corrected chi connectivity index (χ4v) is 9.28. The summed E-state index contributed by atoms with van der Waals surface area (Å²) in [5.41, 5.74) is 0.926. The van der Waals surface area contributed by atoms with Gasteiger partial charge in [0.1, 0.15) is 6.61 Å². The molecule has 25 nitrogen and oxygen atoms in total. The molecule has 2 unspecified atom stereocenters. The smallest absolute Gasteiger partial charge is 0.321 e. The van der Waals surface area contributed by atoms with Crippen molar-refractivity contribution in [2.45, 2.75) is 65.3 Å². The van der Waals surface area contributed by atoms with Gasteiger partial charge >= 0.3 is 17.9 Å². The van der Waals surface area contributed by atoms with Crippen LogP contribution in [0.1, 0.15) is 62.4 Å². The molecule has 3 fully saturated rings. The van der Waals surface area contributed by atoms with E-state index in [1.807, 2.05) is 20.1 Å². The number of esters is 1. The molecule has 1 aromatic rings. The Morgan fingerprint density at radius 2 is 1.45 bits per heavy atom. The lowest BCUT2D eigenvalue weighted by Crippen LogP contribution is -2.51. The van der Waals surface area contributed by atoms with Crippen molar-refractivity contribution in [2.24, 2.45) is 17.8 Å². The van der Waals surface area contributed by atoms with E-state index in [0.29, 0.717) is 56.9 Å². The average Bonchev–Trinajstić information content (AvgIpc) is 3.86. The highest BCUT2D eigenvalue weighted by molar-refractivity contribution is 7.98. The Bertz CT molecular complexity index is 2160. The Kier molecular flexibility index (Phi) is 28.5. The van der Waals surface area contributed by atoms with E-state index >= 15 is 0 Å². The molecule has 5 atom stereocenters. The number of rotatable bonds is 33. The van der Waals surface area contributed by atoms with Crippen LogP contribution in [0.15, 0.2) is 24.3 Å². The number of fused-ring (bicyclic) bond motifs is 1. The van der Waals surface area contributed by atoms with Crippen molar-refractivity contribution in [1.29, 1.82) is 0 Å². The molecular formula is C51H79N9O16S. The van der Waals surface area contributed by atoms with Crippen LogP contribution in [0.4, 0.5) is 0 Å². The van der Waals surface area contributed by atoms with Crippen LogP contribution in [0.25, 0.3) is 0 Å². The number of amides is 6. The highest BCUT2D eigenvalue weighted by Gasteiger charge is 2.37. The first-order valence-electron chi connectivity index (χ1n) is 26.2. The molecule has 0 spiro atoms. The molecule has 6 amide bonds. The molecular weight excluding hydrogens is 1030 g/mol. The summed E-state index contributed by atoms with van der Waals surface area (Å²) in [7, 11) is 0. The van der Waals surface area contributed by atoms with Crippen LogP contribution in [0.5, 0.6) is 0 Å². The van der Waals surface area contributed by atoms with Crippen LogP contribution >= 0.6 is 11.8 Å². The first-order valence-corrected chi connectivity index (χ1v) is 27.6. The van der Waals surface area contributed by atoms with Crippen LogP contribution < -0.4 is 21.3 Å². The number of nitrogens with one attached hydrogen (secondary N) is 4. The minimum Gasteiger partial charge on any atom is -0.480 e. The molecule has 3 aliphatic rings. The number of aliphatic carboxylic acids is 2. The zero-order valence-corrected chi connectivity index (χ0v) is 45.7. The Labute approximate surface area is 454 Å². The lowest BCUT2D eigenvalue weighted by atomic mass is 9.85. The minimum atomic E-state index is -1.04. The maximum absolute atomic E-state index is 13.8. The molecule has 0 saturated carbocycles. The lowest BCUT2D eigenvalue weighted by Gasteiger charge is -2.33. The van der Waals surface area contributed by atoms with Gasteiger partial charge in [0.2, 0.25) is 29.5 Å². The van der Waals surface area contributed by atoms with Crippen molar-refractivity contribution >= 4 is 70.9 Å². The number of thioether (sulfide) groups is 1. The number of imide groups is 1. The summed E-state index contributed by atoms with van der Waals surface area (Å²) in [6.45, 7) is 8.21. The highest BCUT2D eigenvalue weighted by atomic mass is 32.2. The van der Waals surface area contributed by atoms with Crippen LogP contribution in [0.2, 0.25) is 0 Å². The summed E-state index contributed by atoms with van der Waals surface area (Å²) in [6.07, 6.45) is 2.25. The number of carboxylic acids is 2. The number of likely N-dealkylation sites (tertiary alicyclic amines) is 1. The first kappa shape index (κ1) is 63.9. The zero-order valence-electron chi connectivity index (χ0n) is 44.8. The van der Waals surface area contributed by atoms with Gasteiger partial charge in [0.15, 0.2) is 12.0 Å². The van der Waals surface area contributed by atoms with Crippen molar-refractivity contribution in [2.75, 3.05) is 143 Å². The number of ketones is 1. The molecule has 6 N–H and O–H groups in total. The van der Waals surface area contributed by atoms with Gasteiger partial charge in [0.05, 0.1) is 71.8 Å². The predicted molar refractivity (Wildman–Crippen MR) is 280 cm³/mol. The zero-order chi connectivity index (χ0) is 56.3. The molecule has 430 valence electrons. The molecule has 3 heterocycles. The first-order chi connectivity index (χ1) is 36.9. The molecule has 0 aliphatic carbocycles. The number of ether oxygens (including phenoxy) is 4. The van der Waals surface area contributed by atoms with Gasteiger partial charge in [-0.3, -0.25) is 72.4 Å². The van der Waals surface area contributed by atoms with Crippen LogP contribution in [-0.4, -0.2) is 249 Å². The van der Waals surface area contributed by atoms with Crippen molar-refractivity contribution in [3.8, 4) is 0 Å². The second-order valence-corrected chi connectivity index (χ2v) is 20.3. The quantitative estimate of drug-likeness (QED) is 0.0272. The monoisotopic (exact) mass is 1110 g/mol. The largest absolute Gasteiger partial charge is 0.480 e. The SMILES string of the molecule is CC[C@H](C)[C@H](CC(=O)[C@H](CCSC)NC(=O)c1cccc(CNC(=O)COCCOCCOCCNC(=O)CN2CCN(CC(=O)O)CCN(CC(=O)O)CCN3CC(=O)OC3C2)c1)C(=O)NCCN1C(=O)CC(C)C1=O. The number of nitrogens with zero attached hydrogens (tertiary/aromatic N) is 5. The standard InChI is InChI=1S/C51H79N9O16S/c1-5-35(2)39(50(71)53-10-12-60-44(64)25-36(3)51(60)72)27-41(61)40(9-24-77-4)55-49(70)38-8-6-7-37(26-38)28-54-43(63)34-75-23-22-74-21-20-73-19-11-52-42(62)29-58-16-15-56(31-46(65)66)13-14-57(32-47(67)68)17-18-59-33-48(69)76-45(59)30-58/h6-8,26,35-36,39-40,45H,5,9-25,27-34H2,1-4H3,(H,52,62)(H,53,71)(H,54,63)(H,55,70)(H,65,66)(H,67,68)/t35-,36?,39-,40-,45?/m0/s1. The summed E-state index contributed by atoms with van der Waals surface area (Å²) < 4.78 is 22.1. The van der Waals surface area contributed by atoms with Gasteiger partial charge in [-0.15, -0.1) is 0 Å². The van der Waals surface area contributed by atoms with E-state index in [1.165, 1.54) is 11.8 Å². The number of carbonyl (C=O) groups is 10. The highest BCUT2D eigenvalue weighted by Crippen LogP contribution is 2.23. The summed E-state index contributed by atoms with van der Waals surface area (Å²) in [5, 5.41) is 30.1. The van der Waals surface area contributed by atoms with E-state index in [4.69, 9.17) is 18.9 Å². The Balaban J connectivity index is 1.10.